The molecule has 0 radical (unpaired) electrons. The van der Waals surface area contributed by atoms with E-state index >= 15 is 0 Å². The van der Waals surface area contributed by atoms with Crippen LogP contribution in [0, 0.1) is 0 Å². The van der Waals surface area contributed by atoms with Crippen molar-refractivity contribution >= 4 is 5.97 Å². The second-order valence-corrected chi connectivity index (χ2v) is 4.63. The molecule has 0 bridgehead atoms. The third kappa shape index (κ3) is 3.13. The summed E-state index contributed by atoms with van der Waals surface area (Å²) >= 11 is 0. The molecule has 0 aliphatic heterocycles. The number of carboxylic acid groups (broad SMARTS) is 1. The first kappa shape index (κ1) is 13.1. The molecule has 0 amide bonds. The Labute approximate surface area is 112 Å². The predicted octanol–water partition coefficient (Wildman–Crippen LogP) is 3.64. The molecule has 3 nitrogen and oxygen atoms in total. The number of carboxylic acids is 1. The van der Waals surface area contributed by atoms with Crippen LogP contribution < -0.4 is 0 Å². The molecule has 0 aliphatic rings. The van der Waals surface area contributed by atoms with Gasteiger partial charge in [-0.15, -0.1) is 0 Å². The zero-order chi connectivity index (χ0) is 13.8. The van der Waals surface area contributed by atoms with Crippen LogP contribution in [-0.4, -0.2) is 16.2 Å². The number of phenols is 1. The first-order valence-electron chi connectivity index (χ1n) is 6.18. The van der Waals surface area contributed by atoms with Gasteiger partial charge in [-0.3, -0.25) is 4.79 Å². The summed E-state index contributed by atoms with van der Waals surface area (Å²) in [6.07, 6.45) is 0.106. The molecule has 0 spiro atoms. The fourth-order valence-corrected chi connectivity index (χ4v) is 2.20. The molecular weight excluding hydrogens is 240 g/mol. The maximum atomic E-state index is 10.8. The third-order valence-electron chi connectivity index (χ3n) is 3.15. The van der Waals surface area contributed by atoms with E-state index in [1.54, 1.807) is 12.1 Å². The van der Waals surface area contributed by atoms with E-state index in [2.05, 4.69) is 0 Å². The second-order valence-electron chi connectivity index (χ2n) is 4.63. The fourth-order valence-electron chi connectivity index (χ4n) is 2.20. The van der Waals surface area contributed by atoms with Crippen molar-refractivity contribution in [1.29, 1.82) is 0 Å². The van der Waals surface area contributed by atoms with Gasteiger partial charge in [0.25, 0.3) is 0 Å². The van der Waals surface area contributed by atoms with Crippen LogP contribution in [0.3, 0.4) is 0 Å². The summed E-state index contributed by atoms with van der Waals surface area (Å²) in [5, 5.41) is 18.2. The lowest BCUT2D eigenvalue weighted by atomic mass is 9.90. The summed E-state index contributed by atoms with van der Waals surface area (Å²) in [5.41, 5.74) is 3.00. The first-order valence-corrected chi connectivity index (χ1v) is 6.18. The zero-order valence-corrected chi connectivity index (χ0v) is 10.7. The summed E-state index contributed by atoms with van der Waals surface area (Å²) < 4.78 is 0. The van der Waals surface area contributed by atoms with Crippen molar-refractivity contribution in [1.82, 2.24) is 0 Å². The quantitative estimate of drug-likeness (QED) is 0.878. The number of hydrogen-bond acceptors (Lipinski definition) is 2. The van der Waals surface area contributed by atoms with Crippen LogP contribution in [-0.2, 0) is 4.79 Å². The highest BCUT2D eigenvalue weighted by Crippen LogP contribution is 2.31. The zero-order valence-electron chi connectivity index (χ0n) is 10.7. The first-order chi connectivity index (χ1) is 9.08. The van der Waals surface area contributed by atoms with Gasteiger partial charge in [0.15, 0.2) is 0 Å². The second kappa shape index (κ2) is 5.57. The predicted molar refractivity (Wildman–Crippen MR) is 74.2 cm³/mol. The smallest absolute Gasteiger partial charge is 0.303 e. The topological polar surface area (TPSA) is 57.5 Å². The molecule has 2 N–H and O–H groups in total. The van der Waals surface area contributed by atoms with Crippen LogP contribution >= 0.6 is 0 Å². The van der Waals surface area contributed by atoms with Crippen molar-refractivity contribution in [2.75, 3.05) is 0 Å². The summed E-state index contributed by atoms with van der Waals surface area (Å²) in [6.45, 7) is 1.91. The van der Waals surface area contributed by atoms with E-state index in [1.165, 1.54) is 0 Å². The lowest BCUT2D eigenvalue weighted by Crippen LogP contribution is -2.04. The number of benzene rings is 2. The van der Waals surface area contributed by atoms with Crippen molar-refractivity contribution in [3.63, 3.8) is 0 Å². The molecule has 1 unspecified atom stereocenters. The number of rotatable bonds is 4. The van der Waals surface area contributed by atoms with E-state index < -0.39 is 5.97 Å². The van der Waals surface area contributed by atoms with Gasteiger partial charge in [0.05, 0.1) is 6.42 Å². The van der Waals surface area contributed by atoms with E-state index in [1.807, 2.05) is 43.3 Å². The number of hydrogen-bond donors (Lipinski definition) is 2. The molecule has 2 rings (SSSR count). The molecule has 0 aliphatic carbocycles. The van der Waals surface area contributed by atoms with Crippen LogP contribution in [0.4, 0.5) is 0 Å². The standard InChI is InChI=1S/C16H16O3/c1-11(10-16(18)19)14-4-2-3-5-15(14)12-6-8-13(17)9-7-12/h2-9,11,17H,10H2,1H3,(H,18,19). The largest absolute Gasteiger partial charge is 0.508 e. The normalized spacial score (nSPS) is 12.1. The summed E-state index contributed by atoms with van der Waals surface area (Å²) in [5.74, 6) is -0.629. The molecule has 0 heterocycles. The van der Waals surface area contributed by atoms with Gasteiger partial charge >= 0.3 is 5.97 Å². The van der Waals surface area contributed by atoms with Crippen LogP contribution in [0.1, 0.15) is 24.8 Å². The minimum Gasteiger partial charge on any atom is -0.508 e. The highest BCUT2D eigenvalue weighted by atomic mass is 16.4. The lowest BCUT2D eigenvalue weighted by molar-refractivity contribution is -0.137. The van der Waals surface area contributed by atoms with E-state index in [0.717, 1.165) is 16.7 Å². The van der Waals surface area contributed by atoms with Crippen molar-refractivity contribution in [3.8, 4) is 16.9 Å². The van der Waals surface area contributed by atoms with Crippen molar-refractivity contribution in [3.05, 3.63) is 54.1 Å². The van der Waals surface area contributed by atoms with Gasteiger partial charge in [-0.25, -0.2) is 0 Å². The average Bonchev–Trinajstić information content (AvgIpc) is 2.39. The molecule has 2 aromatic carbocycles. The van der Waals surface area contributed by atoms with Crippen LogP contribution in [0.5, 0.6) is 5.75 Å². The van der Waals surface area contributed by atoms with Crippen molar-refractivity contribution in [2.45, 2.75) is 19.3 Å². The molecule has 0 saturated heterocycles. The number of aromatic hydroxyl groups is 1. The van der Waals surface area contributed by atoms with Crippen LogP contribution in [0.2, 0.25) is 0 Å². The highest BCUT2D eigenvalue weighted by molar-refractivity contribution is 5.72. The lowest BCUT2D eigenvalue weighted by Gasteiger charge is -2.15. The minimum absolute atomic E-state index is 0.0532. The van der Waals surface area contributed by atoms with Gasteiger partial charge in [0.2, 0.25) is 0 Å². The summed E-state index contributed by atoms with van der Waals surface area (Å²) in [7, 11) is 0. The Balaban J connectivity index is 2.40. The molecule has 1 atom stereocenters. The van der Waals surface area contributed by atoms with Crippen LogP contribution in [0.25, 0.3) is 11.1 Å². The Bertz CT molecular complexity index is 573. The van der Waals surface area contributed by atoms with E-state index in [-0.39, 0.29) is 18.1 Å². The average molecular weight is 256 g/mol. The fraction of sp³-hybridized carbons (Fsp3) is 0.188. The Morgan fingerprint density at radius 3 is 2.37 bits per heavy atom. The Morgan fingerprint density at radius 2 is 1.74 bits per heavy atom. The van der Waals surface area contributed by atoms with Crippen molar-refractivity contribution in [2.24, 2.45) is 0 Å². The van der Waals surface area contributed by atoms with Gasteiger partial charge in [0, 0.05) is 0 Å². The Hall–Kier alpha value is -2.29. The molecule has 19 heavy (non-hydrogen) atoms. The highest BCUT2D eigenvalue weighted by Gasteiger charge is 2.14. The molecule has 2 aromatic rings. The van der Waals surface area contributed by atoms with E-state index in [9.17, 15) is 9.90 Å². The van der Waals surface area contributed by atoms with E-state index in [4.69, 9.17) is 5.11 Å². The van der Waals surface area contributed by atoms with Gasteiger partial charge < -0.3 is 10.2 Å². The Kier molecular flexibility index (Phi) is 3.85. The van der Waals surface area contributed by atoms with Gasteiger partial charge in [-0.2, -0.15) is 0 Å². The van der Waals surface area contributed by atoms with E-state index in [0.29, 0.717) is 0 Å². The SMILES string of the molecule is CC(CC(=O)O)c1ccccc1-c1ccc(O)cc1. The summed E-state index contributed by atoms with van der Waals surface area (Å²) in [6, 6.07) is 14.7. The summed E-state index contributed by atoms with van der Waals surface area (Å²) in [4.78, 5) is 10.8. The molecule has 0 saturated carbocycles. The molecule has 0 fully saturated rings. The molecule has 98 valence electrons. The van der Waals surface area contributed by atoms with Gasteiger partial charge in [-0.1, -0.05) is 43.3 Å². The third-order valence-corrected chi connectivity index (χ3v) is 3.15. The Morgan fingerprint density at radius 1 is 1.11 bits per heavy atom. The maximum Gasteiger partial charge on any atom is 0.303 e. The molecular formula is C16H16O3. The van der Waals surface area contributed by atoms with Crippen molar-refractivity contribution < 1.29 is 15.0 Å². The maximum absolute atomic E-state index is 10.8. The molecule has 0 aromatic heterocycles. The number of carbonyl (C=O) groups is 1. The monoisotopic (exact) mass is 256 g/mol. The van der Waals surface area contributed by atoms with Gasteiger partial charge in [-0.05, 0) is 34.7 Å². The minimum atomic E-state index is -0.798. The number of phenolic OH excluding ortho intramolecular Hbond substituents is 1. The van der Waals surface area contributed by atoms with Gasteiger partial charge in [0.1, 0.15) is 5.75 Å². The number of aliphatic carboxylic acids is 1. The molecule has 3 heteroatoms. The van der Waals surface area contributed by atoms with Crippen LogP contribution in [0.15, 0.2) is 48.5 Å².